The van der Waals surface area contributed by atoms with E-state index in [2.05, 4.69) is 22.3 Å². The molecule has 4 nitrogen and oxygen atoms in total. The molecule has 1 heterocycles. The maximum absolute atomic E-state index is 12.6. The number of nitrogens with zero attached hydrogens (tertiary/aromatic N) is 1. The van der Waals surface area contributed by atoms with Crippen LogP contribution in [0.5, 0.6) is 0 Å². The molecule has 0 radical (unpaired) electrons. The predicted molar refractivity (Wildman–Crippen MR) is 107 cm³/mol. The van der Waals surface area contributed by atoms with Crippen molar-refractivity contribution in [2.24, 2.45) is 0 Å². The van der Waals surface area contributed by atoms with Gasteiger partial charge in [-0.3, -0.25) is 9.69 Å². The molecule has 5 heteroatoms. The van der Waals surface area contributed by atoms with Gasteiger partial charge >= 0.3 is 0 Å². The molecule has 0 aliphatic rings. The van der Waals surface area contributed by atoms with Crippen LogP contribution in [-0.2, 0) is 17.9 Å². The van der Waals surface area contributed by atoms with Crippen molar-refractivity contribution in [1.29, 1.82) is 0 Å². The summed E-state index contributed by atoms with van der Waals surface area (Å²) in [7, 11) is 0. The summed E-state index contributed by atoms with van der Waals surface area (Å²) in [5.74, 6) is 0.798. The number of amides is 1. The van der Waals surface area contributed by atoms with Gasteiger partial charge in [0.25, 0.3) is 0 Å². The van der Waals surface area contributed by atoms with Crippen molar-refractivity contribution in [1.82, 2.24) is 10.2 Å². The molecule has 140 valence electrons. The Bertz CT molecular complexity index is 850. The number of rotatable bonds is 8. The maximum atomic E-state index is 12.6. The van der Waals surface area contributed by atoms with Crippen LogP contribution in [0.2, 0.25) is 5.02 Å². The number of hydrogen-bond acceptors (Lipinski definition) is 3. The van der Waals surface area contributed by atoms with E-state index in [1.54, 1.807) is 6.26 Å². The van der Waals surface area contributed by atoms with Gasteiger partial charge < -0.3 is 9.73 Å². The lowest BCUT2D eigenvalue weighted by Gasteiger charge is -2.22. The van der Waals surface area contributed by atoms with Gasteiger partial charge in [0.2, 0.25) is 5.91 Å². The van der Waals surface area contributed by atoms with Gasteiger partial charge in [0.1, 0.15) is 5.76 Å². The molecule has 2 aromatic carbocycles. The van der Waals surface area contributed by atoms with E-state index >= 15 is 0 Å². The van der Waals surface area contributed by atoms with Gasteiger partial charge in [0.05, 0.1) is 25.4 Å². The predicted octanol–water partition coefficient (Wildman–Crippen LogP) is 4.81. The molecule has 1 atom stereocenters. The van der Waals surface area contributed by atoms with E-state index in [9.17, 15) is 4.79 Å². The fourth-order valence-electron chi connectivity index (χ4n) is 2.98. The lowest BCUT2D eigenvalue weighted by atomic mass is 10.1. The second-order valence-electron chi connectivity index (χ2n) is 6.55. The lowest BCUT2D eigenvalue weighted by Crippen LogP contribution is -2.37. The minimum atomic E-state index is -0.113. The number of carbonyl (C=O) groups excluding carboxylic acids is 1. The molecule has 0 bridgehead atoms. The highest BCUT2D eigenvalue weighted by Crippen LogP contribution is 2.17. The van der Waals surface area contributed by atoms with Crippen LogP contribution in [0.3, 0.4) is 0 Å². The van der Waals surface area contributed by atoms with Crippen molar-refractivity contribution >= 4 is 17.5 Å². The maximum Gasteiger partial charge on any atom is 0.234 e. The van der Waals surface area contributed by atoms with Crippen LogP contribution >= 0.6 is 11.6 Å². The molecule has 1 unspecified atom stereocenters. The first-order valence-corrected chi connectivity index (χ1v) is 9.31. The number of benzene rings is 2. The van der Waals surface area contributed by atoms with Crippen LogP contribution in [0, 0.1) is 0 Å². The van der Waals surface area contributed by atoms with E-state index in [-0.39, 0.29) is 18.5 Å². The Balaban J connectivity index is 1.64. The van der Waals surface area contributed by atoms with E-state index in [0.29, 0.717) is 18.1 Å². The van der Waals surface area contributed by atoms with Crippen molar-refractivity contribution in [2.45, 2.75) is 26.1 Å². The number of halogens is 1. The third-order valence-corrected chi connectivity index (χ3v) is 4.54. The van der Waals surface area contributed by atoms with Crippen molar-refractivity contribution in [3.05, 3.63) is 94.9 Å². The Morgan fingerprint density at radius 3 is 2.59 bits per heavy atom. The first-order valence-electron chi connectivity index (χ1n) is 8.93. The van der Waals surface area contributed by atoms with Gasteiger partial charge in [-0.1, -0.05) is 54.1 Å². The zero-order valence-electron chi connectivity index (χ0n) is 15.3. The Hall–Kier alpha value is -2.56. The molecule has 3 aromatic rings. The molecule has 3 rings (SSSR count). The Kier molecular flexibility index (Phi) is 6.69. The standard InChI is InChI=1S/C22H23ClN2O2/c1-17(19-9-5-10-20(23)13-19)24-22(26)16-25(15-21-11-6-12-27-21)14-18-7-3-2-4-8-18/h2-13,17H,14-16H2,1H3,(H,24,26). The summed E-state index contributed by atoms with van der Waals surface area (Å²) in [6.07, 6.45) is 1.65. The molecule has 0 spiro atoms. The molecule has 1 N–H and O–H groups in total. The summed E-state index contributed by atoms with van der Waals surface area (Å²) in [6, 6.07) is 21.3. The van der Waals surface area contributed by atoms with Gasteiger partial charge in [-0.2, -0.15) is 0 Å². The van der Waals surface area contributed by atoms with Crippen LogP contribution in [0.1, 0.15) is 29.9 Å². The van der Waals surface area contributed by atoms with Gasteiger partial charge in [-0.05, 0) is 42.3 Å². The fourth-order valence-corrected chi connectivity index (χ4v) is 3.18. The number of nitrogens with one attached hydrogen (secondary N) is 1. The largest absolute Gasteiger partial charge is 0.468 e. The highest BCUT2D eigenvalue weighted by molar-refractivity contribution is 6.30. The normalized spacial score (nSPS) is 12.1. The van der Waals surface area contributed by atoms with Crippen molar-refractivity contribution in [3.8, 4) is 0 Å². The zero-order valence-corrected chi connectivity index (χ0v) is 16.0. The zero-order chi connectivity index (χ0) is 19.1. The fraction of sp³-hybridized carbons (Fsp3) is 0.227. The third-order valence-electron chi connectivity index (χ3n) is 4.30. The van der Waals surface area contributed by atoms with Gasteiger partial charge in [0.15, 0.2) is 0 Å². The second kappa shape index (κ2) is 9.40. The molecular weight excluding hydrogens is 360 g/mol. The second-order valence-corrected chi connectivity index (χ2v) is 6.99. The van der Waals surface area contributed by atoms with Gasteiger partial charge in [-0.25, -0.2) is 0 Å². The summed E-state index contributed by atoms with van der Waals surface area (Å²) in [5.41, 5.74) is 2.14. The van der Waals surface area contributed by atoms with E-state index < -0.39 is 0 Å². The van der Waals surface area contributed by atoms with Crippen molar-refractivity contribution in [2.75, 3.05) is 6.54 Å². The average molecular weight is 383 g/mol. The summed E-state index contributed by atoms with van der Waals surface area (Å²) >= 11 is 6.05. The average Bonchev–Trinajstić information content (AvgIpc) is 3.15. The molecule has 0 saturated heterocycles. The van der Waals surface area contributed by atoms with Crippen LogP contribution in [-0.4, -0.2) is 17.4 Å². The molecule has 0 aliphatic carbocycles. The minimum absolute atomic E-state index is 0.0371. The minimum Gasteiger partial charge on any atom is -0.468 e. The SMILES string of the molecule is CC(NC(=O)CN(Cc1ccccc1)Cc1ccco1)c1cccc(Cl)c1. The molecule has 0 saturated carbocycles. The monoisotopic (exact) mass is 382 g/mol. The smallest absolute Gasteiger partial charge is 0.234 e. The summed E-state index contributed by atoms with van der Waals surface area (Å²) < 4.78 is 5.46. The van der Waals surface area contributed by atoms with E-state index in [1.165, 1.54) is 0 Å². The summed E-state index contributed by atoms with van der Waals surface area (Å²) in [4.78, 5) is 14.7. The molecule has 1 amide bonds. The van der Waals surface area contributed by atoms with Crippen LogP contribution in [0.25, 0.3) is 0 Å². The van der Waals surface area contributed by atoms with E-state index in [1.807, 2.05) is 61.5 Å². The number of carbonyl (C=O) groups is 1. The van der Waals surface area contributed by atoms with Crippen LogP contribution < -0.4 is 5.32 Å². The third kappa shape index (κ3) is 5.98. The van der Waals surface area contributed by atoms with E-state index in [0.717, 1.165) is 16.9 Å². The quantitative estimate of drug-likeness (QED) is 0.608. The number of furan rings is 1. The van der Waals surface area contributed by atoms with Crippen molar-refractivity contribution in [3.63, 3.8) is 0 Å². The van der Waals surface area contributed by atoms with E-state index in [4.69, 9.17) is 16.0 Å². The highest BCUT2D eigenvalue weighted by Gasteiger charge is 2.16. The lowest BCUT2D eigenvalue weighted by molar-refractivity contribution is -0.123. The van der Waals surface area contributed by atoms with Crippen LogP contribution in [0.4, 0.5) is 0 Å². The molecule has 27 heavy (non-hydrogen) atoms. The Morgan fingerprint density at radius 1 is 1.07 bits per heavy atom. The Labute approximate surface area is 164 Å². The highest BCUT2D eigenvalue weighted by atomic mass is 35.5. The Morgan fingerprint density at radius 2 is 1.89 bits per heavy atom. The summed E-state index contributed by atoms with van der Waals surface area (Å²) in [6.45, 7) is 3.47. The molecule has 0 fully saturated rings. The van der Waals surface area contributed by atoms with Crippen LogP contribution in [0.15, 0.2) is 77.4 Å². The van der Waals surface area contributed by atoms with Gasteiger partial charge in [0, 0.05) is 11.6 Å². The summed E-state index contributed by atoms with van der Waals surface area (Å²) in [5, 5.41) is 3.71. The molecule has 1 aromatic heterocycles. The first kappa shape index (κ1) is 19.2. The first-order chi connectivity index (χ1) is 13.1. The van der Waals surface area contributed by atoms with Crippen molar-refractivity contribution < 1.29 is 9.21 Å². The number of hydrogen-bond donors (Lipinski definition) is 1. The molecule has 0 aliphatic heterocycles. The van der Waals surface area contributed by atoms with Gasteiger partial charge in [-0.15, -0.1) is 0 Å². The topological polar surface area (TPSA) is 45.5 Å². The molecular formula is C22H23ClN2O2.